The van der Waals surface area contributed by atoms with E-state index < -0.39 is 7.14 Å². The van der Waals surface area contributed by atoms with Gasteiger partial charge in [-0.25, -0.2) is 0 Å². The minimum atomic E-state index is -2.99. The van der Waals surface area contributed by atoms with E-state index >= 15 is 0 Å². The minimum Gasteiger partial charge on any atom is -0.309 e. The van der Waals surface area contributed by atoms with Crippen molar-refractivity contribution in [3.8, 4) is 0 Å². The molecular formula is C25H19OPS. The molecule has 0 amide bonds. The highest BCUT2D eigenvalue weighted by Crippen LogP contribution is 2.47. The van der Waals surface area contributed by atoms with E-state index in [1.54, 1.807) is 11.3 Å². The Hall–Kier alpha value is -2.67. The van der Waals surface area contributed by atoms with Crippen LogP contribution in [0.4, 0.5) is 0 Å². The summed E-state index contributed by atoms with van der Waals surface area (Å²) in [4.78, 5) is 0. The maximum absolute atomic E-state index is 14.9. The Morgan fingerprint density at radius 1 is 0.679 bits per heavy atom. The van der Waals surface area contributed by atoms with Gasteiger partial charge in [0.25, 0.3) is 0 Å². The molecule has 28 heavy (non-hydrogen) atoms. The summed E-state index contributed by atoms with van der Waals surface area (Å²) in [6, 6.07) is 32.6. The number of thiophene rings is 1. The van der Waals surface area contributed by atoms with Gasteiger partial charge in [-0.3, -0.25) is 0 Å². The molecule has 0 fully saturated rings. The quantitative estimate of drug-likeness (QED) is 0.341. The van der Waals surface area contributed by atoms with Crippen LogP contribution in [0.1, 0.15) is 5.56 Å². The molecular weight excluding hydrogens is 379 g/mol. The second kappa shape index (κ2) is 6.74. The predicted molar refractivity (Wildman–Crippen MR) is 123 cm³/mol. The molecule has 0 aliphatic carbocycles. The molecule has 0 saturated carbocycles. The third-order valence-electron chi connectivity index (χ3n) is 5.18. The fraction of sp³-hybridized carbons (Fsp3) is 0.0400. The van der Waals surface area contributed by atoms with Gasteiger partial charge < -0.3 is 4.57 Å². The van der Waals surface area contributed by atoms with Gasteiger partial charge >= 0.3 is 0 Å². The van der Waals surface area contributed by atoms with E-state index in [2.05, 4.69) is 43.3 Å². The van der Waals surface area contributed by atoms with Crippen LogP contribution in [0.5, 0.6) is 0 Å². The van der Waals surface area contributed by atoms with Crippen LogP contribution in [0.15, 0.2) is 97.1 Å². The maximum atomic E-state index is 14.9. The molecule has 0 atom stereocenters. The maximum Gasteiger partial charge on any atom is 0.172 e. The first-order valence-corrected chi connectivity index (χ1v) is 11.8. The summed E-state index contributed by atoms with van der Waals surface area (Å²) < 4.78 is 17.2. The highest BCUT2D eigenvalue weighted by atomic mass is 32.1. The molecule has 0 N–H and O–H groups in total. The molecule has 0 aliphatic rings. The van der Waals surface area contributed by atoms with Crippen molar-refractivity contribution < 1.29 is 4.57 Å². The van der Waals surface area contributed by atoms with Gasteiger partial charge in [0.1, 0.15) is 0 Å². The molecule has 1 nitrogen and oxygen atoms in total. The van der Waals surface area contributed by atoms with Gasteiger partial charge in [0.2, 0.25) is 0 Å². The van der Waals surface area contributed by atoms with E-state index in [1.165, 1.54) is 15.5 Å². The molecule has 5 rings (SSSR count). The summed E-state index contributed by atoms with van der Waals surface area (Å²) in [5.41, 5.74) is 1.14. The molecule has 0 bridgehead atoms. The largest absolute Gasteiger partial charge is 0.309 e. The summed E-state index contributed by atoms with van der Waals surface area (Å²) in [5, 5.41) is 5.14. The third kappa shape index (κ3) is 2.64. The van der Waals surface area contributed by atoms with Crippen molar-refractivity contribution in [3.63, 3.8) is 0 Å². The molecule has 0 spiro atoms. The summed E-state index contributed by atoms with van der Waals surface area (Å²) in [7, 11) is -2.99. The fourth-order valence-electron chi connectivity index (χ4n) is 3.89. The minimum absolute atomic E-state index is 0.880. The lowest BCUT2D eigenvalue weighted by Gasteiger charge is -2.21. The number of hydrogen-bond acceptors (Lipinski definition) is 2. The summed E-state index contributed by atoms with van der Waals surface area (Å²) >= 11 is 1.74. The SMILES string of the molecule is Cc1cc(P(=O)(c2ccccc2)c2ccccc2)c2sc3ccccc3c2c1. The van der Waals surface area contributed by atoms with Crippen molar-refractivity contribution in [1.29, 1.82) is 0 Å². The van der Waals surface area contributed by atoms with Crippen LogP contribution in [0.3, 0.4) is 0 Å². The number of benzene rings is 4. The predicted octanol–water partition coefficient (Wildman–Crippen LogP) is 6.00. The van der Waals surface area contributed by atoms with Crippen LogP contribution in [0.25, 0.3) is 20.2 Å². The van der Waals surface area contributed by atoms with Gasteiger partial charge in [0.15, 0.2) is 7.14 Å². The Balaban J connectivity index is 1.93. The van der Waals surface area contributed by atoms with Crippen LogP contribution in [0.2, 0.25) is 0 Å². The zero-order valence-electron chi connectivity index (χ0n) is 15.5. The average molecular weight is 398 g/mol. The Morgan fingerprint density at radius 2 is 1.25 bits per heavy atom. The third-order valence-corrected chi connectivity index (χ3v) is 9.63. The van der Waals surface area contributed by atoms with Gasteiger partial charge in [0, 0.05) is 36.1 Å². The smallest absolute Gasteiger partial charge is 0.172 e. The van der Waals surface area contributed by atoms with Crippen LogP contribution in [-0.4, -0.2) is 0 Å². The van der Waals surface area contributed by atoms with Crippen molar-refractivity contribution in [1.82, 2.24) is 0 Å². The number of hydrogen-bond donors (Lipinski definition) is 0. The molecule has 0 saturated heterocycles. The van der Waals surface area contributed by atoms with Gasteiger partial charge in [-0.15, -0.1) is 11.3 Å². The van der Waals surface area contributed by atoms with Crippen molar-refractivity contribution in [2.24, 2.45) is 0 Å². The van der Waals surface area contributed by atoms with E-state index in [-0.39, 0.29) is 0 Å². The first kappa shape index (κ1) is 17.4. The van der Waals surface area contributed by atoms with E-state index in [1.807, 2.05) is 60.7 Å². The molecule has 3 heteroatoms. The van der Waals surface area contributed by atoms with Crippen LogP contribution >= 0.6 is 18.5 Å². The van der Waals surface area contributed by atoms with Gasteiger partial charge in [-0.2, -0.15) is 0 Å². The van der Waals surface area contributed by atoms with Crippen LogP contribution in [-0.2, 0) is 4.57 Å². The molecule has 0 aliphatic heterocycles. The van der Waals surface area contributed by atoms with E-state index in [0.29, 0.717) is 0 Å². The zero-order valence-corrected chi connectivity index (χ0v) is 17.2. The second-order valence-corrected chi connectivity index (χ2v) is 10.8. The zero-order chi connectivity index (χ0) is 19.1. The molecule has 1 aromatic heterocycles. The van der Waals surface area contributed by atoms with E-state index in [4.69, 9.17) is 0 Å². The molecule has 1 heterocycles. The lowest BCUT2D eigenvalue weighted by atomic mass is 10.1. The molecule has 0 unspecified atom stereocenters. The molecule has 5 aromatic rings. The Bertz CT molecular complexity index is 1290. The van der Waals surface area contributed by atoms with Crippen molar-refractivity contribution >= 4 is 54.6 Å². The van der Waals surface area contributed by atoms with E-state index in [0.717, 1.165) is 26.2 Å². The average Bonchev–Trinajstić information content (AvgIpc) is 3.12. The van der Waals surface area contributed by atoms with Gasteiger partial charge in [-0.1, -0.05) is 78.9 Å². The lowest BCUT2D eigenvalue weighted by Crippen LogP contribution is -2.25. The highest BCUT2D eigenvalue weighted by molar-refractivity contribution is 7.86. The molecule has 4 aromatic carbocycles. The van der Waals surface area contributed by atoms with Crippen molar-refractivity contribution in [2.75, 3.05) is 0 Å². The number of fused-ring (bicyclic) bond motifs is 3. The highest BCUT2D eigenvalue weighted by Gasteiger charge is 2.32. The summed E-state index contributed by atoms with van der Waals surface area (Å²) in [6.45, 7) is 2.09. The molecule has 136 valence electrons. The van der Waals surface area contributed by atoms with Gasteiger partial charge in [0.05, 0.1) is 0 Å². The standard InChI is InChI=1S/C25H19OPS/c1-18-16-22-21-14-8-9-15-24(21)28-25(22)23(17-18)27(26,19-10-4-2-5-11-19)20-12-6-3-7-13-20/h2-17H,1H3. The first-order chi connectivity index (χ1) is 13.7. The first-order valence-electron chi connectivity index (χ1n) is 9.32. The summed E-state index contributed by atoms with van der Waals surface area (Å²) in [6.07, 6.45) is 0. The fourth-order valence-corrected chi connectivity index (χ4v) is 8.34. The van der Waals surface area contributed by atoms with Gasteiger partial charge in [-0.05, 0) is 30.7 Å². The summed E-state index contributed by atoms with van der Waals surface area (Å²) in [5.74, 6) is 0. The number of rotatable bonds is 3. The molecule has 0 radical (unpaired) electrons. The number of aryl methyl sites for hydroxylation is 1. The van der Waals surface area contributed by atoms with Crippen LogP contribution < -0.4 is 15.9 Å². The Labute approximate surface area is 168 Å². The van der Waals surface area contributed by atoms with Crippen LogP contribution in [0, 0.1) is 6.92 Å². The van der Waals surface area contributed by atoms with Crippen molar-refractivity contribution in [2.45, 2.75) is 6.92 Å². The Morgan fingerprint density at radius 3 is 1.89 bits per heavy atom. The van der Waals surface area contributed by atoms with E-state index in [9.17, 15) is 4.57 Å². The Kier molecular flexibility index (Phi) is 4.19. The normalized spacial score (nSPS) is 11.9. The lowest BCUT2D eigenvalue weighted by molar-refractivity contribution is 0.592. The topological polar surface area (TPSA) is 17.1 Å². The van der Waals surface area contributed by atoms with Crippen molar-refractivity contribution in [3.05, 3.63) is 103 Å². The second-order valence-electron chi connectivity index (χ2n) is 7.04. The monoisotopic (exact) mass is 398 g/mol.